The summed E-state index contributed by atoms with van der Waals surface area (Å²) in [4.78, 5) is 21.4. The SMILES string of the molecule is COc1ccc(C(=N)OC(=N)NC2N=C(c3ccccc3)c3ccccc3NC2=O)nc1. The summed E-state index contributed by atoms with van der Waals surface area (Å²) in [7, 11) is 1.51. The summed E-state index contributed by atoms with van der Waals surface area (Å²) in [6.45, 7) is 0. The molecule has 0 bridgehead atoms. The fourth-order valence-corrected chi connectivity index (χ4v) is 3.12. The number of amidine groups is 1. The first-order valence-corrected chi connectivity index (χ1v) is 9.70. The largest absolute Gasteiger partial charge is 0.495 e. The molecule has 1 amide bonds. The number of benzene rings is 2. The number of para-hydroxylation sites is 1. The van der Waals surface area contributed by atoms with Gasteiger partial charge in [-0.3, -0.25) is 15.6 Å². The van der Waals surface area contributed by atoms with E-state index in [2.05, 4.69) is 20.6 Å². The first kappa shape index (κ1) is 20.7. The van der Waals surface area contributed by atoms with Gasteiger partial charge in [-0.1, -0.05) is 48.5 Å². The van der Waals surface area contributed by atoms with E-state index in [9.17, 15) is 4.79 Å². The maximum absolute atomic E-state index is 12.8. The van der Waals surface area contributed by atoms with Crippen LogP contribution in [-0.2, 0) is 9.53 Å². The number of fused-ring (bicyclic) bond motifs is 1. The second kappa shape index (κ2) is 9.09. The monoisotopic (exact) mass is 428 g/mol. The number of aliphatic imine (C=N–C) groups is 1. The molecule has 0 fully saturated rings. The predicted molar refractivity (Wildman–Crippen MR) is 121 cm³/mol. The average molecular weight is 428 g/mol. The molecule has 4 rings (SSSR count). The van der Waals surface area contributed by atoms with Crippen LogP contribution in [-0.4, -0.2) is 41.8 Å². The Bertz CT molecular complexity index is 1190. The molecule has 2 heterocycles. The van der Waals surface area contributed by atoms with Crippen LogP contribution in [0.1, 0.15) is 16.8 Å². The van der Waals surface area contributed by atoms with Gasteiger partial charge in [-0.25, -0.2) is 9.98 Å². The number of methoxy groups -OCH3 is 1. The number of hydrogen-bond acceptors (Lipinski definition) is 7. The van der Waals surface area contributed by atoms with Gasteiger partial charge in [0, 0.05) is 11.1 Å². The molecule has 0 saturated carbocycles. The van der Waals surface area contributed by atoms with Gasteiger partial charge in [-0.2, -0.15) is 0 Å². The van der Waals surface area contributed by atoms with Gasteiger partial charge in [0.05, 0.1) is 24.7 Å². The zero-order valence-corrected chi connectivity index (χ0v) is 17.1. The van der Waals surface area contributed by atoms with Crippen LogP contribution >= 0.6 is 0 Å². The smallest absolute Gasteiger partial charge is 0.290 e. The van der Waals surface area contributed by atoms with Crippen molar-refractivity contribution in [2.75, 3.05) is 12.4 Å². The molecule has 1 unspecified atom stereocenters. The van der Waals surface area contributed by atoms with Gasteiger partial charge in [0.15, 0.2) is 0 Å². The minimum absolute atomic E-state index is 0.212. The lowest BCUT2D eigenvalue weighted by Gasteiger charge is -2.15. The maximum atomic E-state index is 12.8. The zero-order valence-electron chi connectivity index (χ0n) is 17.1. The van der Waals surface area contributed by atoms with E-state index in [1.54, 1.807) is 12.1 Å². The number of ether oxygens (including phenoxy) is 2. The highest BCUT2D eigenvalue weighted by molar-refractivity contribution is 6.19. The second-order valence-electron chi connectivity index (χ2n) is 6.77. The number of nitrogens with one attached hydrogen (secondary N) is 4. The van der Waals surface area contributed by atoms with Gasteiger partial charge in [0.25, 0.3) is 11.9 Å². The zero-order chi connectivity index (χ0) is 22.5. The van der Waals surface area contributed by atoms with Gasteiger partial charge >= 0.3 is 0 Å². The minimum Gasteiger partial charge on any atom is -0.495 e. The molecule has 3 aromatic rings. The van der Waals surface area contributed by atoms with Crippen LogP contribution in [0, 0.1) is 10.8 Å². The van der Waals surface area contributed by atoms with Gasteiger partial charge in [0.2, 0.25) is 12.1 Å². The van der Waals surface area contributed by atoms with Gasteiger partial charge in [-0.05, 0) is 18.2 Å². The molecule has 160 valence electrons. The van der Waals surface area contributed by atoms with Gasteiger partial charge in [-0.15, -0.1) is 0 Å². The quantitative estimate of drug-likeness (QED) is 0.375. The van der Waals surface area contributed by atoms with Crippen molar-refractivity contribution in [2.45, 2.75) is 6.17 Å². The Labute approximate surface area is 184 Å². The standard InChI is InChI=1S/C23H20N6O3/c1-31-15-11-12-18(26-13-15)20(24)32-23(25)29-21-22(30)27-17-10-6-5-9-16(17)19(28-21)14-7-3-2-4-8-14/h2-13,21,24H,1H3,(H2,25,29)(H,27,30). The van der Waals surface area contributed by atoms with Crippen molar-refractivity contribution in [2.24, 2.45) is 4.99 Å². The molecule has 4 N–H and O–H groups in total. The normalized spacial score (nSPS) is 14.8. The Balaban J connectivity index is 1.56. The third kappa shape index (κ3) is 4.46. The molecule has 1 atom stereocenters. The Hall–Kier alpha value is -4.53. The van der Waals surface area contributed by atoms with Crippen molar-refractivity contribution in [3.8, 4) is 5.75 Å². The molecular weight excluding hydrogens is 408 g/mol. The summed E-state index contributed by atoms with van der Waals surface area (Å²) >= 11 is 0. The molecule has 1 aliphatic rings. The lowest BCUT2D eigenvalue weighted by atomic mass is 10.0. The van der Waals surface area contributed by atoms with Crippen LogP contribution in [0.3, 0.4) is 0 Å². The van der Waals surface area contributed by atoms with Crippen LogP contribution in [0.25, 0.3) is 0 Å². The number of aromatic nitrogens is 1. The molecule has 2 aromatic carbocycles. The summed E-state index contributed by atoms with van der Waals surface area (Å²) in [5, 5.41) is 21.6. The minimum atomic E-state index is -1.14. The molecule has 0 saturated heterocycles. The van der Waals surface area contributed by atoms with E-state index in [4.69, 9.17) is 20.3 Å². The fourth-order valence-electron chi connectivity index (χ4n) is 3.12. The Morgan fingerprint density at radius 1 is 1.03 bits per heavy atom. The van der Waals surface area contributed by atoms with E-state index in [-0.39, 0.29) is 11.6 Å². The molecule has 0 spiro atoms. The summed E-state index contributed by atoms with van der Waals surface area (Å²) in [5.41, 5.74) is 3.01. The molecule has 1 aliphatic heterocycles. The number of carbonyl (C=O) groups excluding carboxylic acids is 1. The maximum Gasteiger partial charge on any atom is 0.290 e. The third-order valence-electron chi connectivity index (χ3n) is 4.67. The van der Waals surface area contributed by atoms with Crippen molar-refractivity contribution >= 4 is 29.2 Å². The van der Waals surface area contributed by atoms with Crippen LogP contribution in [0.5, 0.6) is 5.75 Å². The number of hydrogen-bond donors (Lipinski definition) is 4. The van der Waals surface area contributed by atoms with Gasteiger partial charge in [0.1, 0.15) is 11.4 Å². The fraction of sp³-hybridized carbons (Fsp3) is 0.0870. The lowest BCUT2D eigenvalue weighted by molar-refractivity contribution is -0.117. The summed E-state index contributed by atoms with van der Waals surface area (Å²) in [6, 6.07) is 19.5. The van der Waals surface area contributed by atoms with Crippen molar-refractivity contribution in [1.29, 1.82) is 10.8 Å². The Morgan fingerprint density at radius 2 is 1.78 bits per heavy atom. The van der Waals surface area contributed by atoms with Crippen LogP contribution < -0.4 is 15.4 Å². The highest BCUT2D eigenvalue weighted by Gasteiger charge is 2.27. The predicted octanol–water partition coefficient (Wildman–Crippen LogP) is 2.77. The van der Waals surface area contributed by atoms with Crippen LogP contribution in [0.2, 0.25) is 0 Å². The van der Waals surface area contributed by atoms with E-state index in [0.29, 0.717) is 17.1 Å². The van der Waals surface area contributed by atoms with E-state index in [0.717, 1.165) is 11.1 Å². The van der Waals surface area contributed by atoms with E-state index >= 15 is 0 Å². The molecule has 0 radical (unpaired) electrons. The first-order chi connectivity index (χ1) is 15.5. The highest BCUT2D eigenvalue weighted by atomic mass is 16.5. The number of rotatable bonds is 4. The van der Waals surface area contributed by atoms with Crippen molar-refractivity contribution in [3.05, 3.63) is 89.7 Å². The number of carbonyl (C=O) groups is 1. The summed E-state index contributed by atoms with van der Waals surface area (Å²) in [5.74, 6) is -0.271. The molecule has 32 heavy (non-hydrogen) atoms. The molecule has 0 aliphatic carbocycles. The molecule has 9 nitrogen and oxygen atoms in total. The third-order valence-corrected chi connectivity index (χ3v) is 4.67. The number of nitrogens with zero attached hydrogens (tertiary/aromatic N) is 2. The lowest BCUT2D eigenvalue weighted by Crippen LogP contribution is -2.43. The van der Waals surface area contributed by atoms with Gasteiger partial charge < -0.3 is 20.1 Å². The first-order valence-electron chi connectivity index (χ1n) is 9.70. The van der Waals surface area contributed by atoms with Crippen molar-refractivity contribution in [1.82, 2.24) is 10.3 Å². The highest BCUT2D eigenvalue weighted by Crippen LogP contribution is 2.23. The van der Waals surface area contributed by atoms with E-state index < -0.39 is 18.1 Å². The molecular formula is C23H20N6O3. The summed E-state index contributed by atoms with van der Waals surface area (Å²) < 4.78 is 10.3. The van der Waals surface area contributed by atoms with E-state index in [1.165, 1.54) is 19.4 Å². The number of anilines is 1. The second-order valence-corrected chi connectivity index (χ2v) is 6.77. The van der Waals surface area contributed by atoms with Crippen LogP contribution in [0.4, 0.5) is 5.69 Å². The number of amides is 1. The Kier molecular flexibility index (Phi) is 5.89. The van der Waals surface area contributed by atoms with Crippen molar-refractivity contribution in [3.63, 3.8) is 0 Å². The Morgan fingerprint density at radius 3 is 2.50 bits per heavy atom. The van der Waals surface area contributed by atoms with Crippen LogP contribution in [0.15, 0.2) is 77.9 Å². The topological polar surface area (TPSA) is 133 Å². The average Bonchev–Trinajstić information content (AvgIpc) is 2.96. The van der Waals surface area contributed by atoms with E-state index in [1.807, 2.05) is 48.5 Å². The van der Waals surface area contributed by atoms with Crippen molar-refractivity contribution < 1.29 is 14.3 Å². The summed E-state index contributed by atoms with van der Waals surface area (Å²) in [6.07, 6.45) is 0.304. The number of pyridine rings is 1. The molecule has 9 heteroatoms. The number of benzodiazepines with no additional fused rings is 1. The molecule has 1 aromatic heterocycles.